The highest BCUT2D eigenvalue weighted by Gasteiger charge is 2.60. The lowest BCUT2D eigenvalue weighted by molar-refractivity contribution is -0.318. The summed E-state index contributed by atoms with van der Waals surface area (Å²) in [6.45, 7) is 16.1. The Morgan fingerprint density at radius 2 is 1.60 bits per heavy atom. The third-order valence-electron chi connectivity index (χ3n) is 14.5. The summed E-state index contributed by atoms with van der Waals surface area (Å²) < 4.78 is 63.7. The van der Waals surface area contributed by atoms with Crippen LogP contribution in [0.15, 0.2) is 59.3 Å². The van der Waals surface area contributed by atoms with Gasteiger partial charge >= 0.3 is 5.97 Å². The predicted molar refractivity (Wildman–Crippen MR) is 227 cm³/mol. The molecule has 6 aliphatic heterocycles. The molecule has 1 aliphatic carbocycles. The van der Waals surface area contributed by atoms with Crippen molar-refractivity contribution in [1.29, 1.82) is 0 Å². The van der Waals surface area contributed by atoms with E-state index in [0.29, 0.717) is 43.3 Å². The van der Waals surface area contributed by atoms with Gasteiger partial charge in [-0.05, 0) is 62.8 Å². The highest BCUT2D eigenvalue weighted by Crippen LogP contribution is 2.47. The van der Waals surface area contributed by atoms with Crippen molar-refractivity contribution in [2.75, 3.05) is 20.8 Å². The van der Waals surface area contributed by atoms with Crippen molar-refractivity contribution >= 4 is 5.97 Å². The summed E-state index contributed by atoms with van der Waals surface area (Å²) in [5, 5.41) is 34.2. The molecule has 0 amide bonds. The van der Waals surface area contributed by atoms with Crippen LogP contribution in [0.25, 0.3) is 0 Å². The van der Waals surface area contributed by atoms with Gasteiger partial charge in [-0.2, -0.15) is 0 Å². The van der Waals surface area contributed by atoms with E-state index in [0.717, 1.165) is 12.0 Å². The molecule has 0 saturated carbocycles. The number of rotatable bonds is 8. The molecule has 7 rings (SSSR count). The Bertz CT molecular complexity index is 1730. The van der Waals surface area contributed by atoms with Crippen LogP contribution in [-0.2, 0) is 52.2 Å². The molecule has 14 nitrogen and oxygen atoms in total. The van der Waals surface area contributed by atoms with E-state index in [9.17, 15) is 20.1 Å². The molecular formula is C48H72O14. The number of aliphatic hydroxyl groups excluding tert-OH is 2. The summed E-state index contributed by atoms with van der Waals surface area (Å²) in [5.41, 5.74) is 0.134. The van der Waals surface area contributed by atoms with Gasteiger partial charge < -0.3 is 62.7 Å². The summed E-state index contributed by atoms with van der Waals surface area (Å²) in [4.78, 5) is 14.3. The van der Waals surface area contributed by atoms with Crippen molar-refractivity contribution in [3.63, 3.8) is 0 Å². The molecule has 2 bridgehead atoms. The molecule has 1 spiro atoms. The Labute approximate surface area is 367 Å². The number of hydrogen-bond donors (Lipinski definition) is 3. The van der Waals surface area contributed by atoms with Crippen LogP contribution in [0.3, 0.4) is 0 Å². The number of hydrogen-bond acceptors (Lipinski definition) is 14. The molecule has 4 fully saturated rings. The zero-order chi connectivity index (χ0) is 44.7. The minimum Gasteiger partial charge on any atom is -0.462 e. The van der Waals surface area contributed by atoms with Crippen LogP contribution in [0.4, 0.5) is 0 Å². The van der Waals surface area contributed by atoms with Gasteiger partial charge in [0.2, 0.25) is 0 Å². The van der Waals surface area contributed by atoms with Crippen LogP contribution in [0.5, 0.6) is 0 Å². The number of esters is 1. The van der Waals surface area contributed by atoms with Crippen molar-refractivity contribution < 1.29 is 67.5 Å². The van der Waals surface area contributed by atoms with Gasteiger partial charge in [0.25, 0.3) is 0 Å². The van der Waals surface area contributed by atoms with E-state index in [2.05, 4.69) is 39.8 Å². The van der Waals surface area contributed by atoms with Gasteiger partial charge in [0, 0.05) is 51.7 Å². The minimum absolute atomic E-state index is 0.0317. The molecule has 7 aliphatic rings. The zero-order valence-electron chi connectivity index (χ0n) is 38.2. The molecule has 6 heterocycles. The van der Waals surface area contributed by atoms with Crippen molar-refractivity contribution in [1.82, 2.24) is 0 Å². The molecule has 20 atom stereocenters. The number of fused-ring (bicyclic) bond motifs is 2. The van der Waals surface area contributed by atoms with E-state index in [1.165, 1.54) is 0 Å². The lowest BCUT2D eigenvalue weighted by atomic mass is 9.71. The first-order valence-electron chi connectivity index (χ1n) is 22.9. The molecule has 4 saturated heterocycles. The Hall–Kier alpha value is -2.31. The molecule has 0 aromatic rings. The fourth-order valence-electron chi connectivity index (χ4n) is 10.6. The van der Waals surface area contributed by atoms with Gasteiger partial charge in [-0.25, -0.2) is 0 Å². The van der Waals surface area contributed by atoms with Gasteiger partial charge in [-0.1, -0.05) is 70.6 Å². The first kappa shape index (κ1) is 47.6. The highest BCUT2D eigenvalue weighted by molar-refractivity contribution is 5.78. The number of methoxy groups -OCH3 is 2. The summed E-state index contributed by atoms with van der Waals surface area (Å²) >= 11 is 0. The predicted octanol–water partition coefficient (Wildman–Crippen LogP) is 5.38. The standard InChI is InChI=1S/C48H72O14/c1-11-25(2)43-28(5)17-18-47(62-43)23-34-20-33(61-47)16-15-27(4)42(26(3)13-12-14-32-24-55-45-40(49)29(6)19-35(46(51)58-34)48(32,45)52)59-39-22-37(54-10)44(31(8)57-39)60-38-21-36(53-9)41(50)30(7)56-38/h12-15,17-19,25-26,28,30-31,33-45,49-50,52H,11,16,20-24H2,1-10H3/b13-12+,27-15+,32-14-/t25-,26-,28-,30-,31-,33-,34-,35-,36-,37-,38-,39-,40+,41-,42?,43+,44?,45+,47+,48+/m0/s1. The molecule has 62 heavy (non-hydrogen) atoms. The van der Waals surface area contributed by atoms with Crippen LogP contribution in [0.2, 0.25) is 0 Å². The highest BCUT2D eigenvalue weighted by atomic mass is 16.7. The Morgan fingerprint density at radius 3 is 2.32 bits per heavy atom. The third-order valence-corrected chi connectivity index (χ3v) is 14.5. The molecule has 14 heteroatoms. The van der Waals surface area contributed by atoms with Gasteiger partial charge in [0.05, 0.1) is 49.3 Å². The molecule has 2 unspecified atom stereocenters. The van der Waals surface area contributed by atoms with Gasteiger partial charge in [0.1, 0.15) is 42.0 Å². The maximum Gasteiger partial charge on any atom is 0.316 e. The van der Waals surface area contributed by atoms with Crippen LogP contribution in [-0.4, -0.2) is 139 Å². The van der Waals surface area contributed by atoms with Crippen LogP contribution >= 0.6 is 0 Å². The molecule has 3 N–H and O–H groups in total. The average molecular weight is 873 g/mol. The molecule has 0 radical (unpaired) electrons. The lowest BCUT2D eigenvalue weighted by Crippen LogP contribution is -2.58. The van der Waals surface area contributed by atoms with Gasteiger partial charge in [-0.15, -0.1) is 0 Å². The van der Waals surface area contributed by atoms with E-state index < -0.39 is 90.8 Å². The molecule has 0 aromatic heterocycles. The number of ether oxygens (including phenoxy) is 10. The largest absolute Gasteiger partial charge is 0.462 e. The molecular weight excluding hydrogens is 801 g/mol. The fraction of sp³-hybridized carbons (Fsp3) is 0.771. The zero-order valence-corrected chi connectivity index (χ0v) is 38.2. The fourth-order valence-corrected chi connectivity index (χ4v) is 10.6. The third kappa shape index (κ3) is 9.64. The summed E-state index contributed by atoms with van der Waals surface area (Å²) in [6.07, 6.45) is 8.55. The summed E-state index contributed by atoms with van der Waals surface area (Å²) in [6, 6.07) is 0. The Kier molecular flexibility index (Phi) is 15.1. The molecule has 348 valence electrons. The van der Waals surface area contributed by atoms with E-state index in [1.54, 1.807) is 40.2 Å². The van der Waals surface area contributed by atoms with Crippen LogP contribution in [0, 0.1) is 23.7 Å². The van der Waals surface area contributed by atoms with Crippen LogP contribution in [0.1, 0.15) is 93.9 Å². The Balaban J connectivity index is 1.18. The van der Waals surface area contributed by atoms with E-state index in [1.807, 2.05) is 32.1 Å². The monoisotopic (exact) mass is 872 g/mol. The van der Waals surface area contributed by atoms with Crippen LogP contribution < -0.4 is 0 Å². The smallest absolute Gasteiger partial charge is 0.316 e. The number of carbonyl (C=O) groups is 1. The maximum absolute atomic E-state index is 14.3. The van der Waals surface area contributed by atoms with Crippen molar-refractivity contribution in [3.8, 4) is 0 Å². The first-order valence-corrected chi connectivity index (χ1v) is 22.9. The number of carbonyl (C=O) groups excluding carboxylic acids is 1. The second-order valence-electron chi connectivity index (χ2n) is 19.0. The maximum atomic E-state index is 14.3. The summed E-state index contributed by atoms with van der Waals surface area (Å²) in [7, 11) is 3.22. The summed E-state index contributed by atoms with van der Waals surface area (Å²) in [5.74, 6) is -2.56. The van der Waals surface area contributed by atoms with Crippen molar-refractivity contribution in [2.45, 2.75) is 191 Å². The quantitative estimate of drug-likeness (QED) is 0.210. The second kappa shape index (κ2) is 19.7. The normalized spacial score (nSPS) is 49.1. The van der Waals surface area contributed by atoms with E-state index in [4.69, 9.17) is 47.4 Å². The Morgan fingerprint density at radius 1 is 0.887 bits per heavy atom. The SMILES string of the molecule is CC[C@H](C)[C@H]1O[C@]2(C=C[C@@H]1C)C[C@@H]1C[C@H](C/C=C(\C)C(O[C@H]3C[C@H](OC)C(O[C@H]4C[C@H](OC)[C@@H](O)[C@H](C)O4)[C@H](C)O3)[C@@H](C)/C=C/C=C3/CO[C@@H]4[C@H](O)C(C)=C[C@@H](C(=O)O1)[C@]34O)O2. The van der Waals surface area contributed by atoms with E-state index in [-0.39, 0.29) is 42.7 Å². The van der Waals surface area contributed by atoms with Gasteiger partial charge in [-0.3, -0.25) is 4.79 Å². The second-order valence-corrected chi connectivity index (χ2v) is 19.0. The van der Waals surface area contributed by atoms with Crippen molar-refractivity contribution in [3.05, 3.63) is 59.3 Å². The average Bonchev–Trinajstić information content (AvgIpc) is 3.58. The first-order chi connectivity index (χ1) is 29.5. The van der Waals surface area contributed by atoms with Gasteiger partial charge in [0.15, 0.2) is 18.4 Å². The minimum atomic E-state index is -1.84. The number of aliphatic hydroxyl groups is 3. The van der Waals surface area contributed by atoms with Crippen molar-refractivity contribution in [2.24, 2.45) is 23.7 Å². The topological polar surface area (TPSA) is 170 Å². The lowest BCUT2D eigenvalue weighted by Gasteiger charge is -2.48. The van der Waals surface area contributed by atoms with E-state index >= 15 is 0 Å². The number of allylic oxidation sites excluding steroid dienone is 2. The molecule has 0 aromatic carbocycles.